The van der Waals surface area contributed by atoms with Gasteiger partial charge < -0.3 is 14.8 Å². The van der Waals surface area contributed by atoms with Crippen molar-refractivity contribution < 1.29 is 23.5 Å². The molecule has 4 heterocycles. The number of anilines is 1. The Bertz CT molecular complexity index is 1380. The van der Waals surface area contributed by atoms with Crippen LogP contribution in [0.25, 0.3) is 0 Å². The number of Topliss-reactive ketones (excluding diaryl/α,β-unsaturated/α-hetero) is 1. The third-order valence-electron chi connectivity index (χ3n) is 7.71. The molecule has 6 nitrogen and oxygen atoms in total. The standard InChI is InChI=1S/C27H21FN2O4S/c28-17-7-8-19-18(11-17)27(26(32)29-19)24(25(31)16-6-9-21-22(10-16)34-14-33-21)23(15-4-2-1-3-5-15)20-12-35-13-30(20)27/h1-11,20,23-24H,12-14H2,(H,29,32)/t20-,23-,24-,27-/m0/s1. The summed E-state index contributed by atoms with van der Waals surface area (Å²) in [7, 11) is 0. The number of ether oxygens (including phenoxy) is 2. The maximum atomic E-state index is 14.6. The van der Waals surface area contributed by atoms with Crippen LogP contribution in [0.3, 0.4) is 0 Å². The van der Waals surface area contributed by atoms with E-state index in [-0.39, 0.29) is 30.4 Å². The Morgan fingerprint density at radius 3 is 2.74 bits per heavy atom. The van der Waals surface area contributed by atoms with E-state index in [9.17, 15) is 14.0 Å². The molecule has 0 saturated carbocycles. The van der Waals surface area contributed by atoms with Crippen molar-refractivity contribution in [1.82, 2.24) is 4.90 Å². The van der Waals surface area contributed by atoms with Crippen LogP contribution in [0, 0.1) is 11.7 Å². The molecule has 3 aromatic carbocycles. The third kappa shape index (κ3) is 2.81. The van der Waals surface area contributed by atoms with E-state index in [1.165, 1.54) is 12.1 Å². The van der Waals surface area contributed by atoms with Crippen molar-refractivity contribution in [1.29, 1.82) is 0 Å². The molecule has 176 valence electrons. The van der Waals surface area contributed by atoms with E-state index in [0.29, 0.717) is 34.2 Å². The number of carbonyl (C=O) groups is 2. The summed E-state index contributed by atoms with van der Waals surface area (Å²) >= 11 is 1.74. The third-order valence-corrected chi connectivity index (χ3v) is 8.74. The molecule has 7 rings (SSSR count). The lowest BCUT2D eigenvalue weighted by atomic mass is 9.69. The van der Waals surface area contributed by atoms with Crippen molar-refractivity contribution in [2.24, 2.45) is 5.92 Å². The van der Waals surface area contributed by atoms with Crippen LogP contribution in [0.4, 0.5) is 10.1 Å². The quantitative estimate of drug-likeness (QED) is 0.553. The highest BCUT2D eigenvalue weighted by molar-refractivity contribution is 7.99. The average molecular weight is 489 g/mol. The van der Waals surface area contributed by atoms with E-state index in [1.807, 2.05) is 30.3 Å². The Morgan fingerprint density at radius 2 is 1.89 bits per heavy atom. The zero-order valence-corrected chi connectivity index (χ0v) is 19.4. The minimum absolute atomic E-state index is 0.0506. The summed E-state index contributed by atoms with van der Waals surface area (Å²) in [4.78, 5) is 30.5. The smallest absolute Gasteiger partial charge is 0.250 e. The van der Waals surface area contributed by atoms with Gasteiger partial charge >= 0.3 is 0 Å². The van der Waals surface area contributed by atoms with Crippen LogP contribution in [0.1, 0.15) is 27.4 Å². The Morgan fingerprint density at radius 1 is 1.06 bits per heavy atom. The SMILES string of the molecule is O=C(c1ccc2c(c1)OCO2)[C@@H]1[C@@H](c2ccccc2)[C@@H]2CSCN2[C@]12C(=O)Nc1ccc(F)cc12. The van der Waals surface area contributed by atoms with Crippen LogP contribution in [0.5, 0.6) is 11.5 Å². The fourth-order valence-corrected chi connectivity index (χ4v) is 7.65. The van der Waals surface area contributed by atoms with Crippen LogP contribution in [0.15, 0.2) is 66.7 Å². The molecule has 4 atom stereocenters. The highest BCUT2D eigenvalue weighted by Crippen LogP contribution is 2.61. The van der Waals surface area contributed by atoms with E-state index in [1.54, 1.807) is 36.0 Å². The van der Waals surface area contributed by atoms with Crippen molar-refractivity contribution in [2.75, 3.05) is 23.7 Å². The first-order valence-electron chi connectivity index (χ1n) is 11.5. The molecule has 0 bridgehead atoms. The van der Waals surface area contributed by atoms with Crippen LogP contribution < -0.4 is 14.8 Å². The van der Waals surface area contributed by atoms with E-state index >= 15 is 0 Å². The van der Waals surface area contributed by atoms with Crippen LogP contribution in [-0.2, 0) is 10.3 Å². The lowest BCUT2D eigenvalue weighted by Gasteiger charge is -2.36. The maximum absolute atomic E-state index is 14.6. The zero-order valence-electron chi connectivity index (χ0n) is 18.6. The number of hydrogen-bond acceptors (Lipinski definition) is 6. The van der Waals surface area contributed by atoms with Crippen molar-refractivity contribution in [2.45, 2.75) is 17.5 Å². The topological polar surface area (TPSA) is 67.9 Å². The molecule has 0 aromatic heterocycles. The van der Waals surface area contributed by atoms with Gasteiger partial charge in [0.1, 0.15) is 11.4 Å². The summed E-state index contributed by atoms with van der Waals surface area (Å²) in [6.45, 7) is 0.106. The number of nitrogens with zero attached hydrogens (tertiary/aromatic N) is 1. The van der Waals surface area contributed by atoms with E-state index in [0.717, 1.165) is 11.3 Å². The monoisotopic (exact) mass is 488 g/mol. The largest absolute Gasteiger partial charge is 0.454 e. The summed E-state index contributed by atoms with van der Waals surface area (Å²) < 4.78 is 25.6. The Labute approximate surface area is 205 Å². The van der Waals surface area contributed by atoms with Gasteiger partial charge in [0, 0.05) is 40.4 Å². The Kier molecular flexibility index (Phi) is 4.53. The predicted molar refractivity (Wildman–Crippen MR) is 129 cm³/mol. The fraction of sp³-hybridized carbons (Fsp3) is 0.259. The van der Waals surface area contributed by atoms with Gasteiger partial charge in [0.15, 0.2) is 17.3 Å². The zero-order chi connectivity index (χ0) is 23.7. The summed E-state index contributed by atoms with van der Waals surface area (Å²) in [5, 5.41) is 2.97. The first kappa shape index (κ1) is 21.0. The number of carbonyl (C=O) groups excluding carboxylic acids is 2. The molecular formula is C27H21FN2O4S. The molecule has 0 unspecified atom stereocenters. The predicted octanol–water partition coefficient (Wildman–Crippen LogP) is 4.37. The molecule has 1 amide bonds. The van der Waals surface area contributed by atoms with Gasteiger partial charge in [0.05, 0.1) is 5.92 Å². The minimum Gasteiger partial charge on any atom is -0.454 e. The Balaban J connectivity index is 1.47. The second kappa shape index (κ2) is 7.57. The first-order chi connectivity index (χ1) is 17.1. The van der Waals surface area contributed by atoms with E-state index < -0.39 is 17.3 Å². The van der Waals surface area contributed by atoms with Gasteiger partial charge in [-0.15, -0.1) is 11.8 Å². The molecule has 0 radical (unpaired) electrons. The lowest BCUT2D eigenvalue weighted by molar-refractivity contribution is -0.127. The lowest BCUT2D eigenvalue weighted by Crippen LogP contribution is -2.52. The number of thioether (sulfide) groups is 1. The van der Waals surface area contributed by atoms with Crippen LogP contribution in [-0.4, -0.2) is 41.1 Å². The van der Waals surface area contributed by atoms with E-state index in [4.69, 9.17) is 9.47 Å². The molecule has 3 aromatic rings. The van der Waals surface area contributed by atoms with Gasteiger partial charge in [-0.2, -0.15) is 0 Å². The number of hydrogen-bond donors (Lipinski definition) is 1. The van der Waals surface area contributed by atoms with Gasteiger partial charge in [0.25, 0.3) is 0 Å². The highest BCUT2D eigenvalue weighted by atomic mass is 32.2. The van der Waals surface area contributed by atoms with E-state index in [2.05, 4.69) is 10.2 Å². The number of amides is 1. The number of ketones is 1. The molecule has 2 fully saturated rings. The number of benzene rings is 3. The fourth-order valence-electron chi connectivity index (χ4n) is 6.33. The van der Waals surface area contributed by atoms with Gasteiger partial charge in [-0.25, -0.2) is 4.39 Å². The van der Waals surface area contributed by atoms with Crippen molar-refractivity contribution in [3.63, 3.8) is 0 Å². The van der Waals surface area contributed by atoms with Gasteiger partial charge in [-0.05, 0) is 42.0 Å². The number of rotatable bonds is 3. The van der Waals surface area contributed by atoms with Crippen LogP contribution in [0.2, 0.25) is 0 Å². The first-order valence-corrected chi connectivity index (χ1v) is 12.7. The number of nitrogens with one attached hydrogen (secondary N) is 1. The summed E-state index contributed by atoms with van der Waals surface area (Å²) in [6, 6.07) is 19.3. The van der Waals surface area contributed by atoms with Crippen molar-refractivity contribution >= 4 is 29.1 Å². The molecule has 1 spiro atoms. The molecule has 4 aliphatic heterocycles. The maximum Gasteiger partial charge on any atom is 0.250 e. The molecule has 1 N–H and O–H groups in total. The second-order valence-electron chi connectivity index (χ2n) is 9.29. The van der Waals surface area contributed by atoms with Gasteiger partial charge in [-0.1, -0.05) is 30.3 Å². The molecule has 4 aliphatic rings. The van der Waals surface area contributed by atoms with Crippen molar-refractivity contribution in [3.8, 4) is 11.5 Å². The minimum atomic E-state index is -1.31. The molecule has 2 saturated heterocycles. The number of halogens is 1. The van der Waals surface area contributed by atoms with Crippen molar-refractivity contribution in [3.05, 3.63) is 89.2 Å². The molecule has 35 heavy (non-hydrogen) atoms. The molecular weight excluding hydrogens is 467 g/mol. The summed E-state index contributed by atoms with van der Waals surface area (Å²) in [5.74, 6) is 0.602. The van der Waals surface area contributed by atoms with Gasteiger partial charge in [0.2, 0.25) is 12.7 Å². The molecule has 0 aliphatic carbocycles. The summed E-state index contributed by atoms with van der Waals surface area (Å²) in [6.07, 6.45) is 0. The average Bonchev–Trinajstić information content (AvgIpc) is 3.63. The number of fused-ring (bicyclic) bond motifs is 5. The van der Waals surface area contributed by atoms with Gasteiger partial charge in [-0.3, -0.25) is 14.5 Å². The van der Waals surface area contributed by atoms with Crippen LogP contribution >= 0.6 is 11.8 Å². The highest BCUT2D eigenvalue weighted by Gasteiger charge is 2.69. The normalized spacial score (nSPS) is 28.3. The molecule has 8 heteroatoms. The summed E-state index contributed by atoms with van der Waals surface area (Å²) in [5.41, 5.74) is 1.24. The second-order valence-corrected chi connectivity index (χ2v) is 10.3. The Hall–Kier alpha value is -3.36.